The number of alkyl carbamates (subject to hydrolysis) is 1. The van der Waals surface area contributed by atoms with Crippen molar-refractivity contribution in [3.05, 3.63) is 144 Å². The number of carbonyl (C=O) groups is 2. The lowest BCUT2D eigenvalue weighted by molar-refractivity contribution is -0.132. The molecule has 5 aromatic rings. The van der Waals surface area contributed by atoms with Crippen LogP contribution in [-0.4, -0.2) is 54.1 Å². The van der Waals surface area contributed by atoms with E-state index in [-0.39, 0.29) is 18.6 Å². The third-order valence-electron chi connectivity index (χ3n) is 10.6. The van der Waals surface area contributed by atoms with Gasteiger partial charge in [-0.05, 0) is 78.5 Å². The van der Waals surface area contributed by atoms with Gasteiger partial charge in [-0.2, -0.15) is 4.98 Å². The van der Waals surface area contributed by atoms with E-state index in [4.69, 9.17) is 19.2 Å². The summed E-state index contributed by atoms with van der Waals surface area (Å²) in [7, 11) is 0. The molecule has 2 saturated heterocycles. The largest absolute Gasteiger partial charge is 0.473 e. The van der Waals surface area contributed by atoms with Crippen molar-refractivity contribution in [2.45, 2.75) is 64.4 Å². The second kappa shape index (κ2) is 19.0. The summed E-state index contributed by atoms with van der Waals surface area (Å²) >= 11 is 0. The monoisotopic (exact) mass is 738 g/mol. The molecule has 4 aromatic carbocycles. The number of nitrogens with one attached hydrogen (secondary N) is 1. The van der Waals surface area contributed by atoms with Crippen LogP contribution < -0.4 is 19.7 Å². The summed E-state index contributed by atoms with van der Waals surface area (Å²) in [4.78, 5) is 34.6. The highest BCUT2D eigenvalue weighted by Gasteiger charge is 2.26. The summed E-state index contributed by atoms with van der Waals surface area (Å²) in [5.41, 5.74) is 6.25. The Labute approximate surface area is 324 Å². The Bertz CT molecular complexity index is 1940. The molecule has 2 fully saturated rings. The number of ether oxygens (including phenoxy) is 3. The summed E-state index contributed by atoms with van der Waals surface area (Å²) in [6.07, 6.45) is 4.72. The van der Waals surface area contributed by atoms with Gasteiger partial charge >= 0.3 is 6.09 Å². The molecule has 0 unspecified atom stereocenters. The van der Waals surface area contributed by atoms with Crippen LogP contribution in [0.2, 0.25) is 0 Å². The number of anilines is 1. The number of hydrogen-bond donors (Lipinski definition) is 1. The van der Waals surface area contributed by atoms with E-state index in [0.717, 1.165) is 73.0 Å². The maximum absolute atomic E-state index is 13.1. The number of benzene rings is 4. The predicted molar refractivity (Wildman–Crippen MR) is 215 cm³/mol. The van der Waals surface area contributed by atoms with Gasteiger partial charge in [-0.15, -0.1) is 0 Å². The van der Waals surface area contributed by atoms with Gasteiger partial charge < -0.3 is 29.3 Å². The summed E-state index contributed by atoms with van der Waals surface area (Å²) in [6.45, 7) is 4.36. The maximum Gasteiger partial charge on any atom is 0.407 e. The average Bonchev–Trinajstić information content (AvgIpc) is 3.25. The van der Waals surface area contributed by atoms with E-state index in [1.807, 2.05) is 108 Å². The fourth-order valence-electron chi connectivity index (χ4n) is 7.31. The van der Waals surface area contributed by atoms with Crippen molar-refractivity contribution in [1.29, 1.82) is 0 Å². The molecule has 3 heterocycles. The number of rotatable bonds is 14. The van der Waals surface area contributed by atoms with Crippen LogP contribution in [0.5, 0.6) is 11.8 Å². The Morgan fingerprint density at radius 1 is 0.636 bits per heavy atom. The van der Waals surface area contributed by atoms with Gasteiger partial charge in [-0.1, -0.05) is 103 Å². The Morgan fingerprint density at radius 3 is 1.84 bits per heavy atom. The van der Waals surface area contributed by atoms with Crippen LogP contribution in [0.3, 0.4) is 0 Å². The first-order chi connectivity index (χ1) is 27.1. The van der Waals surface area contributed by atoms with Crippen LogP contribution >= 0.6 is 0 Å². The number of likely N-dealkylation sites (tertiary alicyclic amines) is 1. The first kappa shape index (κ1) is 37.5. The van der Waals surface area contributed by atoms with E-state index in [9.17, 15) is 9.59 Å². The van der Waals surface area contributed by atoms with Crippen LogP contribution in [0.4, 0.5) is 10.5 Å². The van der Waals surface area contributed by atoms with Crippen LogP contribution in [0, 0.1) is 5.92 Å². The molecule has 55 heavy (non-hydrogen) atoms. The number of piperidine rings is 2. The maximum atomic E-state index is 13.1. The Kier molecular flexibility index (Phi) is 12.9. The number of nitrogens with zero attached hydrogens (tertiary/aromatic N) is 3. The molecule has 9 nitrogen and oxygen atoms in total. The molecule has 1 N–H and O–H groups in total. The van der Waals surface area contributed by atoms with Gasteiger partial charge in [0, 0.05) is 56.0 Å². The van der Waals surface area contributed by atoms with Gasteiger partial charge in [0.05, 0.1) is 0 Å². The highest BCUT2D eigenvalue weighted by atomic mass is 16.5. The molecule has 9 heteroatoms. The fourth-order valence-corrected chi connectivity index (χ4v) is 7.31. The molecule has 2 aliphatic rings. The molecular formula is C46H50N4O5. The molecule has 7 rings (SSSR count). The third kappa shape index (κ3) is 10.9. The highest BCUT2D eigenvalue weighted by Crippen LogP contribution is 2.34. The Balaban J connectivity index is 0.861. The van der Waals surface area contributed by atoms with Crippen molar-refractivity contribution >= 4 is 17.7 Å². The van der Waals surface area contributed by atoms with E-state index in [1.54, 1.807) is 0 Å². The second-order valence-electron chi connectivity index (χ2n) is 14.4. The van der Waals surface area contributed by atoms with E-state index in [1.165, 1.54) is 5.69 Å². The molecular weight excluding hydrogens is 689 g/mol. The minimum absolute atomic E-state index is 0.0303. The normalized spacial score (nSPS) is 15.0. The lowest BCUT2D eigenvalue weighted by atomic mass is 9.91. The van der Waals surface area contributed by atoms with Crippen molar-refractivity contribution in [1.82, 2.24) is 15.2 Å². The van der Waals surface area contributed by atoms with Gasteiger partial charge in [-0.3, -0.25) is 4.79 Å². The number of amides is 2. The van der Waals surface area contributed by atoms with Crippen molar-refractivity contribution in [2.75, 3.05) is 31.1 Å². The number of pyridine rings is 1. The first-order valence-corrected chi connectivity index (χ1v) is 19.5. The lowest BCUT2D eigenvalue weighted by Gasteiger charge is -2.35. The summed E-state index contributed by atoms with van der Waals surface area (Å²) in [6, 6.07) is 42.4. The number of aromatic nitrogens is 1. The number of hydrogen-bond acceptors (Lipinski definition) is 7. The van der Waals surface area contributed by atoms with Gasteiger partial charge in [0.2, 0.25) is 17.7 Å². The van der Waals surface area contributed by atoms with Crippen LogP contribution in [0.15, 0.2) is 127 Å². The zero-order valence-corrected chi connectivity index (χ0v) is 31.4. The fraction of sp³-hybridized carbons (Fsp3) is 0.326. The molecule has 284 valence electrons. The molecule has 0 saturated carbocycles. The standard InChI is InChI=1S/C46H50N4O5/c51-44(50-30-26-40(27-31-50)47-46(52)55-34-38-14-8-3-9-15-38)23-16-35-24-28-49(29-25-35)41-19-17-39(18-20-41)42-21-22-43(53-32-36-10-4-1-5-11-36)48-45(42)54-33-37-12-6-2-7-13-37/h1-15,17-22,35,40H,16,23-34H2,(H,47,52). The zero-order valence-electron chi connectivity index (χ0n) is 31.4. The lowest BCUT2D eigenvalue weighted by Crippen LogP contribution is -2.46. The molecule has 2 amide bonds. The van der Waals surface area contributed by atoms with Crippen LogP contribution in [0.25, 0.3) is 11.1 Å². The smallest absolute Gasteiger partial charge is 0.407 e. The Morgan fingerprint density at radius 2 is 1.22 bits per heavy atom. The summed E-state index contributed by atoms with van der Waals surface area (Å²) < 4.78 is 17.7. The zero-order chi connectivity index (χ0) is 37.7. The first-order valence-electron chi connectivity index (χ1n) is 19.5. The van der Waals surface area contributed by atoms with Crippen LogP contribution in [-0.2, 0) is 29.4 Å². The molecule has 0 radical (unpaired) electrons. The van der Waals surface area contributed by atoms with Gasteiger partial charge in [-0.25, -0.2) is 4.79 Å². The SMILES string of the molecule is O=C(NC1CCN(C(=O)CCC2CCN(c3ccc(-c4ccc(OCc5ccccc5)nc4OCc4ccccc4)cc3)CC2)CC1)OCc1ccccc1. The van der Waals surface area contributed by atoms with E-state index in [2.05, 4.69) is 34.5 Å². The second-order valence-corrected chi connectivity index (χ2v) is 14.4. The molecule has 0 atom stereocenters. The van der Waals surface area contributed by atoms with E-state index < -0.39 is 6.09 Å². The Hall–Kier alpha value is -5.83. The van der Waals surface area contributed by atoms with Gasteiger partial charge in [0.15, 0.2) is 0 Å². The van der Waals surface area contributed by atoms with Crippen molar-refractivity contribution in [3.8, 4) is 22.9 Å². The third-order valence-corrected chi connectivity index (χ3v) is 10.6. The molecule has 0 aliphatic carbocycles. The quantitative estimate of drug-likeness (QED) is 0.122. The predicted octanol–water partition coefficient (Wildman–Crippen LogP) is 8.82. The minimum atomic E-state index is -0.401. The topological polar surface area (TPSA) is 93.2 Å². The average molecular weight is 739 g/mol. The molecule has 0 spiro atoms. The molecule has 2 aliphatic heterocycles. The molecule has 1 aromatic heterocycles. The van der Waals surface area contributed by atoms with Crippen LogP contribution in [0.1, 0.15) is 55.2 Å². The molecule has 0 bridgehead atoms. The minimum Gasteiger partial charge on any atom is -0.473 e. The van der Waals surface area contributed by atoms with Crippen molar-refractivity contribution < 1.29 is 23.8 Å². The number of carbonyl (C=O) groups excluding carboxylic acids is 2. The van der Waals surface area contributed by atoms with E-state index in [0.29, 0.717) is 50.4 Å². The van der Waals surface area contributed by atoms with Gasteiger partial charge in [0.1, 0.15) is 19.8 Å². The van der Waals surface area contributed by atoms with Crippen molar-refractivity contribution in [2.24, 2.45) is 5.92 Å². The highest BCUT2D eigenvalue weighted by molar-refractivity contribution is 5.76. The van der Waals surface area contributed by atoms with E-state index >= 15 is 0 Å². The summed E-state index contributed by atoms with van der Waals surface area (Å²) in [5, 5.41) is 2.97. The van der Waals surface area contributed by atoms with Crippen molar-refractivity contribution in [3.63, 3.8) is 0 Å². The van der Waals surface area contributed by atoms with Gasteiger partial charge in [0.25, 0.3) is 0 Å². The summed E-state index contributed by atoms with van der Waals surface area (Å²) in [5.74, 6) is 1.82.